The number of carboxylic acid groups (broad SMARTS) is 1. The minimum absolute atomic E-state index is 0.0244. The summed E-state index contributed by atoms with van der Waals surface area (Å²) in [5.41, 5.74) is -0.152. The Hall–Kier alpha value is -2.11. The second-order valence-electron chi connectivity index (χ2n) is 4.62. The first-order valence-electron chi connectivity index (χ1n) is 6.05. The van der Waals surface area contributed by atoms with Gasteiger partial charge in [0.1, 0.15) is 5.82 Å². The number of hydrogen-bond donors (Lipinski definition) is 2. The second-order valence-corrected chi connectivity index (χ2v) is 4.62. The number of benzene rings is 1. The summed E-state index contributed by atoms with van der Waals surface area (Å²) in [4.78, 5) is 24.5. The molecule has 0 bridgehead atoms. The van der Waals surface area contributed by atoms with Crippen molar-refractivity contribution in [1.29, 1.82) is 0 Å². The van der Waals surface area contributed by atoms with Gasteiger partial charge in [0, 0.05) is 13.1 Å². The Labute approximate surface area is 110 Å². The van der Waals surface area contributed by atoms with Crippen LogP contribution in [0.2, 0.25) is 0 Å². The zero-order chi connectivity index (χ0) is 14.0. The van der Waals surface area contributed by atoms with Crippen molar-refractivity contribution in [2.75, 3.05) is 12.4 Å². The fraction of sp³-hybridized carbons (Fsp3) is 0.385. The molecule has 0 spiro atoms. The molecule has 0 heterocycles. The van der Waals surface area contributed by atoms with Crippen molar-refractivity contribution in [2.24, 2.45) is 0 Å². The molecule has 6 heteroatoms. The summed E-state index contributed by atoms with van der Waals surface area (Å²) in [6.07, 6.45) is 2.97. The number of nitrogens with one attached hydrogen (secondary N) is 1. The third-order valence-electron chi connectivity index (χ3n) is 3.40. The average molecular weight is 266 g/mol. The number of carbonyl (C=O) groups excluding carboxylic acids is 1. The molecule has 102 valence electrons. The molecule has 0 saturated heterocycles. The van der Waals surface area contributed by atoms with E-state index < -0.39 is 17.8 Å². The van der Waals surface area contributed by atoms with E-state index in [1.165, 1.54) is 4.90 Å². The zero-order valence-electron chi connectivity index (χ0n) is 10.5. The van der Waals surface area contributed by atoms with Gasteiger partial charge in [-0.2, -0.15) is 0 Å². The molecule has 2 rings (SSSR count). The van der Waals surface area contributed by atoms with Crippen LogP contribution >= 0.6 is 0 Å². The van der Waals surface area contributed by atoms with E-state index >= 15 is 0 Å². The van der Waals surface area contributed by atoms with Crippen LogP contribution in [-0.2, 0) is 0 Å². The molecule has 1 aromatic carbocycles. The average Bonchev–Trinajstić information content (AvgIpc) is 2.26. The predicted molar refractivity (Wildman–Crippen MR) is 67.8 cm³/mol. The van der Waals surface area contributed by atoms with Gasteiger partial charge in [-0.15, -0.1) is 0 Å². The molecule has 0 radical (unpaired) electrons. The minimum atomic E-state index is -1.21. The van der Waals surface area contributed by atoms with Crippen molar-refractivity contribution >= 4 is 17.7 Å². The number of urea groups is 1. The van der Waals surface area contributed by atoms with Gasteiger partial charge in [-0.05, 0) is 37.5 Å². The van der Waals surface area contributed by atoms with E-state index in [2.05, 4.69) is 5.32 Å². The van der Waals surface area contributed by atoms with Crippen LogP contribution in [-0.4, -0.2) is 35.1 Å². The maximum atomic E-state index is 13.1. The van der Waals surface area contributed by atoms with E-state index in [1.54, 1.807) is 7.05 Å². The summed E-state index contributed by atoms with van der Waals surface area (Å²) in [5.74, 6) is -1.80. The number of anilines is 1. The molecule has 2 N–H and O–H groups in total. The zero-order valence-corrected chi connectivity index (χ0v) is 10.5. The van der Waals surface area contributed by atoms with Gasteiger partial charge >= 0.3 is 12.0 Å². The van der Waals surface area contributed by atoms with Crippen LogP contribution in [0.5, 0.6) is 0 Å². The maximum absolute atomic E-state index is 13.1. The summed E-state index contributed by atoms with van der Waals surface area (Å²) in [7, 11) is 1.65. The van der Waals surface area contributed by atoms with E-state index in [0.717, 1.165) is 37.5 Å². The molecule has 1 aliphatic carbocycles. The number of rotatable bonds is 3. The van der Waals surface area contributed by atoms with Crippen LogP contribution in [0.4, 0.5) is 14.9 Å². The van der Waals surface area contributed by atoms with Gasteiger partial charge in [-0.3, -0.25) is 0 Å². The van der Waals surface area contributed by atoms with Crippen molar-refractivity contribution in [2.45, 2.75) is 25.3 Å². The molecule has 2 amide bonds. The van der Waals surface area contributed by atoms with Gasteiger partial charge in [-0.1, -0.05) is 0 Å². The highest BCUT2D eigenvalue weighted by Gasteiger charge is 2.26. The maximum Gasteiger partial charge on any atom is 0.337 e. The van der Waals surface area contributed by atoms with Crippen molar-refractivity contribution in [3.8, 4) is 0 Å². The molecule has 1 saturated carbocycles. The van der Waals surface area contributed by atoms with Gasteiger partial charge < -0.3 is 15.3 Å². The van der Waals surface area contributed by atoms with Crippen molar-refractivity contribution in [3.05, 3.63) is 29.6 Å². The molecule has 0 aromatic heterocycles. The third-order valence-corrected chi connectivity index (χ3v) is 3.40. The third kappa shape index (κ3) is 2.83. The highest BCUT2D eigenvalue weighted by Crippen LogP contribution is 2.25. The van der Waals surface area contributed by atoms with Gasteiger partial charge in [0.25, 0.3) is 0 Å². The van der Waals surface area contributed by atoms with E-state index in [9.17, 15) is 14.0 Å². The topological polar surface area (TPSA) is 69.6 Å². The highest BCUT2D eigenvalue weighted by molar-refractivity contribution is 6.00. The Morgan fingerprint density at radius 1 is 1.42 bits per heavy atom. The number of aromatic carboxylic acids is 1. The van der Waals surface area contributed by atoms with Crippen LogP contribution in [0, 0.1) is 5.82 Å². The molecule has 0 aliphatic heterocycles. The van der Waals surface area contributed by atoms with E-state index in [4.69, 9.17) is 5.11 Å². The lowest BCUT2D eigenvalue weighted by Gasteiger charge is -2.34. The van der Waals surface area contributed by atoms with Crippen LogP contribution in [0.15, 0.2) is 18.2 Å². The quantitative estimate of drug-likeness (QED) is 0.883. The normalized spacial score (nSPS) is 14.6. The molecule has 1 aliphatic rings. The molecule has 19 heavy (non-hydrogen) atoms. The monoisotopic (exact) mass is 266 g/mol. The van der Waals surface area contributed by atoms with E-state index in [1.807, 2.05) is 0 Å². The lowest BCUT2D eigenvalue weighted by Crippen LogP contribution is -2.43. The number of halogens is 1. The Bertz CT molecular complexity index is 515. The Kier molecular flexibility index (Phi) is 3.69. The first-order chi connectivity index (χ1) is 8.99. The summed E-state index contributed by atoms with van der Waals surface area (Å²) in [6, 6.07) is 2.96. The number of nitrogens with zero attached hydrogens (tertiary/aromatic N) is 1. The van der Waals surface area contributed by atoms with Crippen LogP contribution in [0.25, 0.3) is 0 Å². The second kappa shape index (κ2) is 5.26. The minimum Gasteiger partial charge on any atom is -0.478 e. The fourth-order valence-corrected chi connectivity index (χ4v) is 1.95. The fourth-order valence-electron chi connectivity index (χ4n) is 1.95. The van der Waals surface area contributed by atoms with Crippen LogP contribution in [0.3, 0.4) is 0 Å². The molecule has 0 unspecified atom stereocenters. The summed E-state index contributed by atoms with van der Waals surface area (Å²) in [6.45, 7) is 0. The molecule has 0 atom stereocenters. The van der Waals surface area contributed by atoms with Crippen LogP contribution in [0.1, 0.15) is 29.6 Å². The van der Waals surface area contributed by atoms with E-state index in [-0.39, 0.29) is 17.3 Å². The van der Waals surface area contributed by atoms with Gasteiger partial charge in [0.05, 0.1) is 11.3 Å². The SMILES string of the molecule is CN(C(=O)Nc1cc(F)ccc1C(=O)O)C1CCC1. The lowest BCUT2D eigenvalue weighted by atomic mass is 9.92. The van der Waals surface area contributed by atoms with Gasteiger partial charge in [0.2, 0.25) is 0 Å². The van der Waals surface area contributed by atoms with Crippen molar-refractivity contribution in [3.63, 3.8) is 0 Å². The number of amides is 2. The molecular formula is C13H15FN2O3. The van der Waals surface area contributed by atoms with Crippen molar-refractivity contribution < 1.29 is 19.1 Å². The molecule has 5 nitrogen and oxygen atoms in total. The molecular weight excluding hydrogens is 251 g/mol. The standard InChI is InChI=1S/C13H15FN2O3/c1-16(9-3-2-4-9)13(19)15-11-7-8(14)5-6-10(11)12(17)18/h5-7,9H,2-4H2,1H3,(H,15,19)(H,17,18). The van der Waals surface area contributed by atoms with Gasteiger partial charge in [-0.25, -0.2) is 14.0 Å². The highest BCUT2D eigenvalue weighted by atomic mass is 19.1. The van der Waals surface area contributed by atoms with Gasteiger partial charge in [0.15, 0.2) is 0 Å². The first kappa shape index (κ1) is 13.3. The number of carboxylic acids is 1. The Morgan fingerprint density at radius 2 is 2.11 bits per heavy atom. The number of carbonyl (C=O) groups is 2. The summed E-state index contributed by atoms with van der Waals surface area (Å²) < 4.78 is 13.1. The Balaban J connectivity index is 2.15. The number of hydrogen-bond acceptors (Lipinski definition) is 2. The largest absolute Gasteiger partial charge is 0.478 e. The molecule has 1 aromatic rings. The molecule has 1 fully saturated rings. The van der Waals surface area contributed by atoms with Crippen LogP contribution < -0.4 is 5.32 Å². The van der Waals surface area contributed by atoms with Crippen molar-refractivity contribution in [1.82, 2.24) is 4.90 Å². The van der Waals surface area contributed by atoms with E-state index in [0.29, 0.717) is 0 Å². The smallest absolute Gasteiger partial charge is 0.337 e. The summed E-state index contributed by atoms with van der Waals surface area (Å²) in [5, 5.41) is 11.4. The predicted octanol–water partition coefficient (Wildman–Crippen LogP) is 2.54. The lowest BCUT2D eigenvalue weighted by molar-refractivity contribution is 0.0698. The Morgan fingerprint density at radius 3 is 2.63 bits per heavy atom. The first-order valence-corrected chi connectivity index (χ1v) is 6.05. The summed E-state index contributed by atoms with van der Waals surface area (Å²) >= 11 is 0.